The van der Waals surface area contributed by atoms with Crippen LogP contribution in [0.5, 0.6) is 0 Å². The van der Waals surface area contributed by atoms with E-state index in [9.17, 15) is 17.6 Å². The summed E-state index contributed by atoms with van der Waals surface area (Å²) in [5.41, 5.74) is -0.359. The fraction of sp³-hybridized carbons (Fsp3) is 0.0625. The maximum absolute atomic E-state index is 13.3. The Hall–Kier alpha value is -1.83. The molecule has 0 saturated carbocycles. The first-order chi connectivity index (χ1) is 11.7. The van der Waals surface area contributed by atoms with Crippen molar-refractivity contribution in [2.24, 2.45) is 0 Å². The van der Waals surface area contributed by atoms with E-state index in [0.29, 0.717) is 10.7 Å². The van der Waals surface area contributed by atoms with Gasteiger partial charge in [0, 0.05) is 5.69 Å². The summed E-state index contributed by atoms with van der Waals surface area (Å²) in [5, 5.41) is 3.40. The topological polar surface area (TPSA) is 24.9 Å². The van der Waals surface area contributed by atoms with Gasteiger partial charge in [-0.3, -0.25) is 0 Å². The average Bonchev–Trinajstić information content (AvgIpc) is 2.96. The molecule has 0 atom stereocenters. The second kappa shape index (κ2) is 6.82. The molecule has 1 aromatic heterocycles. The first-order valence-electron chi connectivity index (χ1n) is 6.80. The van der Waals surface area contributed by atoms with E-state index in [-0.39, 0.29) is 20.6 Å². The van der Waals surface area contributed by atoms with Crippen molar-refractivity contribution in [3.8, 4) is 10.4 Å². The third-order valence-electron chi connectivity index (χ3n) is 3.17. The Morgan fingerprint density at radius 2 is 1.64 bits per heavy atom. The van der Waals surface area contributed by atoms with Gasteiger partial charge >= 0.3 is 6.18 Å². The molecule has 0 aliphatic carbocycles. The zero-order valence-corrected chi connectivity index (χ0v) is 14.5. The summed E-state index contributed by atoms with van der Waals surface area (Å²) in [6, 6.07) is 9.33. The second-order valence-electron chi connectivity index (χ2n) is 4.96. The van der Waals surface area contributed by atoms with Crippen LogP contribution in [0.15, 0.2) is 42.5 Å². The summed E-state index contributed by atoms with van der Waals surface area (Å²) >= 11 is 12.5. The molecule has 1 heterocycles. The SMILES string of the molecule is Fc1ccc(-c2sc(Nc3ccc(Cl)c(Cl)c3)nc2C(F)(F)F)cc1. The predicted octanol–water partition coefficient (Wildman–Crippen LogP) is 7.02. The van der Waals surface area contributed by atoms with Crippen LogP contribution in [0, 0.1) is 5.82 Å². The highest BCUT2D eigenvalue weighted by molar-refractivity contribution is 7.19. The summed E-state index contributed by atoms with van der Waals surface area (Å²) in [7, 11) is 0. The van der Waals surface area contributed by atoms with Crippen LogP contribution in [0.4, 0.5) is 28.4 Å². The van der Waals surface area contributed by atoms with E-state index in [0.717, 1.165) is 23.5 Å². The van der Waals surface area contributed by atoms with E-state index in [1.165, 1.54) is 24.3 Å². The maximum Gasteiger partial charge on any atom is 0.434 e. The molecule has 0 aliphatic heterocycles. The number of aromatic nitrogens is 1. The summed E-state index contributed by atoms with van der Waals surface area (Å²) in [5.74, 6) is -0.532. The molecule has 0 saturated heterocycles. The first-order valence-corrected chi connectivity index (χ1v) is 8.37. The molecule has 0 fully saturated rings. The van der Waals surface area contributed by atoms with Crippen LogP contribution in [-0.2, 0) is 6.18 Å². The maximum atomic E-state index is 13.3. The van der Waals surface area contributed by atoms with Crippen LogP contribution in [0.25, 0.3) is 10.4 Å². The molecule has 0 unspecified atom stereocenters. The molecule has 3 aromatic rings. The number of thiazole rings is 1. The molecule has 2 aromatic carbocycles. The van der Waals surface area contributed by atoms with E-state index in [4.69, 9.17) is 23.2 Å². The third-order valence-corrected chi connectivity index (χ3v) is 4.93. The van der Waals surface area contributed by atoms with Crippen LogP contribution in [0.2, 0.25) is 10.0 Å². The van der Waals surface area contributed by atoms with E-state index >= 15 is 0 Å². The third kappa shape index (κ3) is 4.05. The highest BCUT2D eigenvalue weighted by Crippen LogP contribution is 2.42. The van der Waals surface area contributed by atoms with Crippen LogP contribution in [0.1, 0.15) is 5.69 Å². The lowest BCUT2D eigenvalue weighted by Gasteiger charge is -2.05. The number of nitrogens with zero attached hydrogens (tertiary/aromatic N) is 1. The number of hydrogen-bond acceptors (Lipinski definition) is 3. The van der Waals surface area contributed by atoms with E-state index < -0.39 is 17.7 Å². The van der Waals surface area contributed by atoms with Crippen molar-refractivity contribution in [3.63, 3.8) is 0 Å². The Morgan fingerprint density at radius 3 is 2.24 bits per heavy atom. The summed E-state index contributed by atoms with van der Waals surface area (Å²) in [6.45, 7) is 0. The predicted molar refractivity (Wildman–Crippen MR) is 92.3 cm³/mol. The monoisotopic (exact) mass is 406 g/mol. The second-order valence-corrected chi connectivity index (χ2v) is 6.77. The van der Waals surface area contributed by atoms with Crippen molar-refractivity contribution in [1.29, 1.82) is 0 Å². The molecular weight excluding hydrogens is 399 g/mol. The highest BCUT2D eigenvalue weighted by Gasteiger charge is 2.38. The molecule has 0 spiro atoms. The van der Waals surface area contributed by atoms with Crippen molar-refractivity contribution in [3.05, 3.63) is 64.0 Å². The van der Waals surface area contributed by atoms with E-state index in [1.807, 2.05) is 0 Å². The van der Waals surface area contributed by atoms with Crippen LogP contribution in [0.3, 0.4) is 0 Å². The fourth-order valence-corrected chi connectivity index (χ4v) is 3.37. The highest BCUT2D eigenvalue weighted by atomic mass is 35.5. The summed E-state index contributed by atoms with van der Waals surface area (Å²) in [6.07, 6.45) is -4.64. The lowest BCUT2D eigenvalue weighted by Crippen LogP contribution is -2.07. The normalized spacial score (nSPS) is 11.6. The summed E-state index contributed by atoms with van der Waals surface area (Å²) in [4.78, 5) is 3.54. The largest absolute Gasteiger partial charge is 0.434 e. The molecule has 25 heavy (non-hydrogen) atoms. The van der Waals surface area contributed by atoms with Gasteiger partial charge in [0.15, 0.2) is 10.8 Å². The zero-order valence-electron chi connectivity index (χ0n) is 12.2. The Kier molecular flexibility index (Phi) is 4.90. The van der Waals surface area contributed by atoms with Crippen molar-refractivity contribution >= 4 is 45.4 Å². The van der Waals surface area contributed by atoms with Gasteiger partial charge in [0.1, 0.15) is 5.82 Å². The smallest absolute Gasteiger partial charge is 0.331 e. The Balaban J connectivity index is 2.01. The molecule has 0 radical (unpaired) electrons. The molecule has 0 aliphatic rings. The van der Waals surface area contributed by atoms with Crippen LogP contribution < -0.4 is 5.32 Å². The van der Waals surface area contributed by atoms with Gasteiger partial charge in [0.2, 0.25) is 0 Å². The minimum Gasteiger partial charge on any atom is -0.331 e. The standard InChI is InChI=1S/C16H8Cl2F4N2S/c17-11-6-5-10(7-12(11)18)23-15-24-14(16(20,21)22)13(25-15)8-1-3-9(19)4-2-8/h1-7H,(H,23,24). The van der Waals surface area contributed by atoms with Gasteiger partial charge in [-0.25, -0.2) is 9.37 Å². The van der Waals surface area contributed by atoms with Gasteiger partial charge in [-0.15, -0.1) is 0 Å². The lowest BCUT2D eigenvalue weighted by atomic mass is 10.1. The minimum atomic E-state index is -4.64. The quantitative estimate of drug-likeness (QED) is 0.472. The Morgan fingerprint density at radius 1 is 0.960 bits per heavy atom. The number of hydrogen-bond donors (Lipinski definition) is 1. The van der Waals surface area contributed by atoms with Crippen molar-refractivity contribution in [1.82, 2.24) is 4.98 Å². The molecular formula is C16H8Cl2F4N2S. The van der Waals surface area contributed by atoms with Gasteiger partial charge in [0.05, 0.1) is 14.9 Å². The van der Waals surface area contributed by atoms with Crippen molar-refractivity contribution < 1.29 is 17.6 Å². The molecule has 1 N–H and O–H groups in total. The van der Waals surface area contributed by atoms with Gasteiger partial charge in [-0.05, 0) is 35.9 Å². The lowest BCUT2D eigenvalue weighted by molar-refractivity contribution is -0.140. The number of anilines is 2. The van der Waals surface area contributed by atoms with Gasteiger partial charge in [0.25, 0.3) is 0 Å². The van der Waals surface area contributed by atoms with Gasteiger partial charge < -0.3 is 5.32 Å². The first kappa shape index (κ1) is 18.0. The number of nitrogens with one attached hydrogen (secondary N) is 1. The molecule has 3 rings (SSSR count). The molecule has 2 nitrogen and oxygen atoms in total. The fourth-order valence-electron chi connectivity index (χ4n) is 2.06. The van der Waals surface area contributed by atoms with Gasteiger partial charge in [-0.2, -0.15) is 13.2 Å². The van der Waals surface area contributed by atoms with E-state index in [1.54, 1.807) is 6.07 Å². The van der Waals surface area contributed by atoms with Crippen LogP contribution >= 0.6 is 34.5 Å². The average molecular weight is 407 g/mol. The van der Waals surface area contributed by atoms with Crippen molar-refractivity contribution in [2.45, 2.75) is 6.18 Å². The molecule has 130 valence electrons. The number of halogens is 6. The van der Waals surface area contributed by atoms with Gasteiger partial charge in [-0.1, -0.05) is 46.7 Å². The number of rotatable bonds is 3. The molecule has 0 bridgehead atoms. The minimum absolute atomic E-state index is 0.0324. The van der Waals surface area contributed by atoms with E-state index in [2.05, 4.69) is 10.3 Å². The Labute approximate surface area is 154 Å². The van der Waals surface area contributed by atoms with Crippen LogP contribution in [-0.4, -0.2) is 4.98 Å². The zero-order chi connectivity index (χ0) is 18.2. The Bertz CT molecular complexity index is 907. The molecule has 0 amide bonds. The van der Waals surface area contributed by atoms with Crippen molar-refractivity contribution in [2.75, 3.05) is 5.32 Å². The summed E-state index contributed by atoms with van der Waals surface area (Å²) < 4.78 is 52.9. The number of benzene rings is 2. The molecule has 9 heteroatoms. The number of alkyl halides is 3.